The van der Waals surface area contributed by atoms with E-state index in [1.54, 1.807) is 6.92 Å². The van der Waals surface area contributed by atoms with Crippen molar-refractivity contribution in [3.8, 4) is 0 Å². The van der Waals surface area contributed by atoms with Gasteiger partial charge in [0.2, 0.25) is 35.4 Å². The first-order valence-electron chi connectivity index (χ1n) is 42.8. The van der Waals surface area contributed by atoms with E-state index in [-0.39, 0.29) is 81.4 Å². The topological polar surface area (TPSA) is 369 Å². The van der Waals surface area contributed by atoms with E-state index in [0.717, 1.165) is 64.2 Å². The van der Waals surface area contributed by atoms with Crippen LogP contribution in [0, 0.1) is 0 Å². The van der Waals surface area contributed by atoms with Gasteiger partial charge in [-0.25, -0.2) is 4.79 Å². The first-order valence-corrected chi connectivity index (χ1v) is 44.0. The quantitative estimate of drug-likeness (QED) is 0.0199. The van der Waals surface area contributed by atoms with Gasteiger partial charge in [0, 0.05) is 30.8 Å². The smallest absolute Gasteiger partial charge is 0.326 e. The Hall–Kier alpha value is -4.58. The lowest BCUT2D eigenvalue weighted by Gasteiger charge is -2.27. The van der Waals surface area contributed by atoms with Gasteiger partial charge >= 0.3 is 17.9 Å². The average molecular weight is 1510 g/mol. The van der Waals surface area contributed by atoms with Crippen molar-refractivity contribution in [1.29, 1.82) is 0 Å². The highest BCUT2D eigenvalue weighted by atomic mass is 32.2. The molecule has 0 rings (SSSR count). The molecule has 0 aromatic heterocycles. The third-order valence-electron chi connectivity index (χ3n) is 19.8. The van der Waals surface area contributed by atoms with Crippen molar-refractivity contribution < 1.29 is 57.7 Å². The summed E-state index contributed by atoms with van der Waals surface area (Å²) in [5.74, 6) is -5.53. The predicted molar refractivity (Wildman–Crippen MR) is 430 cm³/mol. The lowest BCUT2D eigenvalue weighted by atomic mass is 10.0. The van der Waals surface area contributed by atoms with Gasteiger partial charge in [0.1, 0.15) is 49.0 Å². The SMILES string of the molecule is CCCCCCCCCCCCCCCC(=O)N[C@@H](CSCC(COC(=O)CCCCCCCCCCCCCCC)OC(=O)CCCCCCCCCCCCCCC)C(=O)N[C@@H](CC)C(=O)N[C@@H](CCCCN)C(=O)N[C@@H](CCCCN)C(=O)N[C@@H](CCCCN)C(=O)N[C@@H](CCCCN)C(=O)O. The second kappa shape index (κ2) is 73.6. The largest absolute Gasteiger partial charge is 0.480 e. The molecule has 22 nitrogen and oxygen atoms in total. The fraction of sp³-hybridized carbons (Fsp3) is 0.890. The lowest BCUT2D eigenvalue weighted by molar-refractivity contribution is -0.157. The molecule has 0 saturated carbocycles. The summed E-state index contributed by atoms with van der Waals surface area (Å²) >= 11 is 1.26. The van der Waals surface area contributed by atoms with E-state index in [1.165, 1.54) is 179 Å². The molecule has 6 amide bonds. The fourth-order valence-corrected chi connectivity index (χ4v) is 14.0. The Labute approximate surface area is 642 Å². The molecule has 0 spiro atoms. The zero-order valence-corrected chi connectivity index (χ0v) is 67.9. The van der Waals surface area contributed by atoms with Crippen LogP contribution >= 0.6 is 11.8 Å². The zero-order valence-electron chi connectivity index (χ0n) is 67.0. The van der Waals surface area contributed by atoms with Crippen molar-refractivity contribution in [1.82, 2.24) is 31.9 Å². The minimum absolute atomic E-state index is 0.0240. The van der Waals surface area contributed by atoms with E-state index in [4.69, 9.17) is 32.4 Å². The Morgan fingerprint density at radius 2 is 0.581 bits per heavy atom. The second-order valence-electron chi connectivity index (χ2n) is 29.6. The third kappa shape index (κ3) is 60.0. The molecule has 0 bridgehead atoms. The number of nitrogens with two attached hydrogens (primary N) is 4. The summed E-state index contributed by atoms with van der Waals surface area (Å²) in [6, 6.07) is -7.10. The van der Waals surface area contributed by atoms with Crippen LogP contribution in [0.4, 0.5) is 0 Å². The van der Waals surface area contributed by atoms with Gasteiger partial charge in [-0.2, -0.15) is 11.8 Å². The molecule has 0 aliphatic rings. The summed E-state index contributed by atoms with van der Waals surface area (Å²) in [4.78, 5) is 124. The van der Waals surface area contributed by atoms with E-state index in [1.807, 2.05) is 0 Å². The minimum Gasteiger partial charge on any atom is -0.480 e. The van der Waals surface area contributed by atoms with Gasteiger partial charge in [0.15, 0.2) is 0 Å². The molecule has 105 heavy (non-hydrogen) atoms. The molecule has 0 fully saturated rings. The normalized spacial score (nSPS) is 13.4. The lowest BCUT2D eigenvalue weighted by Crippen LogP contribution is -2.59. The van der Waals surface area contributed by atoms with Crippen LogP contribution < -0.4 is 54.8 Å². The van der Waals surface area contributed by atoms with Crippen LogP contribution in [-0.4, -0.2) is 145 Å². The van der Waals surface area contributed by atoms with E-state index in [0.29, 0.717) is 96.8 Å². The van der Waals surface area contributed by atoms with Crippen molar-refractivity contribution in [2.24, 2.45) is 22.9 Å². The summed E-state index contributed by atoms with van der Waals surface area (Å²) < 4.78 is 11.8. The molecule has 15 N–H and O–H groups in total. The number of unbranched alkanes of at least 4 members (excludes halogenated alkanes) is 40. The molecule has 0 aromatic rings. The van der Waals surface area contributed by atoms with Crippen molar-refractivity contribution in [2.45, 2.75) is 423 Å². The Kier molecular flexibility index (Phi) is 70.4. The summed E-state index contributed by atoms with van der Waals surface area (Å²) in [6.07, 6.45) is 49.8. The molecular formula is C82H158N10O12S. The zero-order chi connectivity index (χ0) is 77.4. The molecule has 0 radical (unpaired) electrons. The Bertz CT molecular complexity index is 2170. The molecule has 1 unspecified atom stereocenters. The van der Waals surface area contributed by atoms with Crippen molar-refractivity contribution in [3.05, 3.63) is 0 Å². The number of thioether (sulfide) groups is 1. The number of ether oxygens (including phenoxy) is 2. The number of aliphatic carboxylic acids is 1. The van der Waals surface area contributed by atoms with Gasteiger partial charge in [0.25, 0.3) is 0 Å². The highest BCUT2D eigenvalue weighted by molar-refractivity contribution is 7.99. The molecular weight excluding hydrogens is 1350 g/mol. The number of carboxylic acid groups (broad SMARTS) is 1. The maximum Gasteiger partial charge on any atom is 0.326 e. The predicted octanol–water partition coefficient (Wildman–Crippen LogP) is 14.5. The van der Waals surface area contributed by atoms with Gasteiger partial charge in [-0.1, -0.05) is 259 Å². The number of nitrogens with one attached hydrogen (secondary N) is 6. The highest BCUT2D eigenvalue weighted by Crippen LogP contribution is 2.20. The summed E-state index contributed by atoms with van der Waals surface area (Å²) in [7, 11) is 0. The summed E-state index contributed by atoms with van der Waals surface area (Å²) in [5, 5.41) is 26.7. The third-order valence-corrected chi connectivity index (χ3v) is 21.0. The number of carbonyl (C=O) groups is 9. The number of carboxylic acids is 1. The Balaban J connectivity index is 6.62. The molecule has 614 valence electrons. The molecule has 0 aromatic carbocycles. The first-order chi connectivity index (χ1) is 51.0. The first kappa shape index (κ1) is 100. The number of hydrogen-bond acceptors (Lipinski definition) is 16. The molecule has 0 aliphatic heterocycles. The van der Waals surface area contributed by atoms with Gasteiger partial charge in [-0.15, -0.1) is 0 Å². The molecule has 0 heterocycles. The fourth-order valence-electron chi connectivity index (χ4n) is 13.0. The van der Waals surface area contributed by atoms with E-state index < -0.39 is 83.8 Å². The Morgan fingerprint density at radius 1 is 0.305 bits per heavy atom. The highest BCUT2D eigenvalue weighted by Gasteiger charge is 2.34. The number of carbonyl (C=O) groups excluding carboxylic acids is 8. The minimum atomic E-state index is -1.23. The maximum atomic E-state index is 14.6. The van der Waals surface area contributed by atoms with E-state index in [9.17, 15) is 48.3 Å². The van der Waals surface area contributed by atoms with Crippen LogP contribution in [0.25, 0.3) is 0 Å². The van der Waals surface area contributed by atoms with Crippen molar-refractivity contribution >= 4 is 65.1 Å². The number of amides is 6. The summed E-state index contributed by atoms with van der Waals surface area (Å²) in [6.45, 7) is 9.56. The van der Waals surface area contributed by atoms with Crippen LogP contribution in [0.15, 0.2) is 0 Å². The standard InChI is InChI=1S/C82H158N10O12S/c1-5-9-12-15-18-21-24-27-30-33-36-39-42-57-74(93)87-73(66-105-65-67(104-76(95)59-44-41-38-35-32-29-26-23-20-17-14-11-7-3)64-103-75(94)58-43-40-37-34-31-28-25-22-19-16-13-10-6-2)81(100)88-68(8-4)77(96)89-69(53-45-49-60-83)78(97)90-70(54-46-50-61-84)79(98)91-71(55-47-51-62-85)80(99)92-72(82(101)102)56-48-52-63-86/h67-73H,5-66,83-86H2,1-4H3,(H,87,93)(H,88,100)(H,89,96)(H,90,97)(H,91,98)(H,92,99)(H,101,102)/t67?,68-,69-,70-,71-,72-,73-/m0/s1. The molecule has 0 saturated heterocycles. The van der Waals surface area contributed by atoms with Crippen LogP contribution in [0.2, 0.25) is 0 Å². The van der Waals surface area contributed by atoms with E-state index >= 15 is 0 Å². The second-order valence-corrected chi connectivity index (χ2v) is 30.7. The number of hydrogen-bond donors (Lipinski definition) is 11. The molecule has 0 aliphatic carbocycles. The van der Waals surface area contributed by atoms with Crippen molar-refractivity contribution in [2.75, 3.05) is 44.3 Å². The Morgan fingerprint density at radius 3 is 0.905 bits per heavy atom. The van der Waals surface area contributed by atoms with Crippen LogP contribution in [0.1, 0.15) is 381 Å². The van der Waals surface area contributed by atoms with Crippen LogP contribution in [0.3, 0.4) is 0 Å². The van der Waals surface area contributed by atoms with Gasteiger partial charge in [0.05, 0.1) is 0 Å². The number of rotatable bonds is 78. The van der Waals surface area contributed by atoms with Crippen LogP contribution in [-0.2, 0) is 52.6 Å². The summed E-state index contributed by atoms with van der Waals surface area (Å²) in [5.41, 5.74) is 23.2. The van der Waals surface area contributed by atoms with Gasteiger partial charge in [-0.05, 0) is 129 Å². The average Bonchev–Trinajstić information content (AvgIpc) is 0.864. The molecule has 23 heteroatoms. The monoisotopic (exact) mass is 1510 g/mol. The van der Waals surface area contributed by atoms with E-state index in [2.05, 4.69) is 52.7 Å². The number of esters is 2. The van der Waals surface area contributed by atoms with Gasteiger partial charge in [-0.3, -0.25) is 38.4 Å². The van der Waals surface area contributed by atoms with Gasteiger partial charge < -0.3 is 69.4 Å². The van der Waals surface area contributed by atoms with Crippen LogP contribution in [0.5, 0.6) is 0 Å². The molecule has 7 atom stereocenters. The van der Waals surface area contributed by atoms with Crippen molar-refractivity contribution in [3.63, 3.8) is 0 Å². The maximum absolute atomic E-state index is 14.6.